The Bertz CT molecular complexity index is 1710. The van der Waals surface area contributed by atoms with Gasteiger partial charge in [-0.25, -0.2) is 8.42 Å². The number of rotatable bonds is 10. The molecule has 4 aliphatic rings. The Morgan fingerprint density at radius 3 is 2.49 bits per heavy atom. The summed E-state index contributed by atoms with van der Waals surface area (Å²) in [6.07, 6.45) is 3.44. The van der Waals surface area contributed by atoms with Crippen molar-refractivity contribution < 1.29 is 37.4 Å². The summed E-state index contributed by atoms with van der Waals surface area (Å²) in [6.45, 7) is 2.35. The number of aliphatic hydroxyl groups excluding tert-OH is 1. The maximum Gasteiger partial charge on any atom is 0.309 e. The van der Waals surface area contributed by atoms with Crippen LogP contribution in [0.1, 0.15) is 38.5 Å². The molecular formula is C32H38ClN5O8S. The number of likely N-dealkylation sites (tertiary alicyclic amines) is 2. The van der Waals surface area contributed by atoms with E-state index in [9.17, 15) is 32.7 Å². The summed E-state index contributed by atoms with van der Waals surface area (Å²) >= 11 is 6.01. The number of sulfone groups is 1. The first-order valence-electron chi connectivity index (χ1n) is 15.8. The molecule has 47 heavy (non-hydrogen) atoms. The van der Waals surface area contributed by atoms with E-state index < -0.39 is 33.6 Å². The first-order valence-corrected chi connectivity index (χ1v) is 17.9. The van der Waals surface area contributed by atoms with Crippen molar-refractivity contribution in [3.63, 3.8) is 0 Å². The van der Waals surface area contributed by atoms with Gasteiger partial charge in [-0.3, -0.25) is 19.2 Å². The number of hydrogen-bond donors (Lipinski definition) is 1. The molecular weight excluding hydrogens is 650 g/mol. The summed E-state index contributed by atoms with van der Waals surface area (Å²) in [4.78, 5) is 59.0. The Morgan fingerprint density at radius 2 is 1.74 bits per heavy atom. The van der Waals surface area contributed by atoms with Gasteiger partial charge in [0.2, 0.25) is 5.91 Å². The fourth-order valence-electron chi connectivity index (χ4n) is 6.58. The number of fused-ring (bicyclic) bond motifs is 2. The number of ether oxygens (including phenoxy) is 1. The molecule has 3 saturated heterocycles. The second-order valence-corrected chi connectivity index (χ2v) is 14.9. The van der Waals surface area contributed by atoms with Crippen LogP contribution in [0.3, 0.4) is 0 Å². The number of halogens is 1. The molecule has 0 aliphatic carbocycles. The predicted molar refractivity (Wildman–Crippen MR) is 171 cm³/mol. The average molecular weight is 688 g/mol. The van der Waals surface area contributed by atoms with Gasteiger partial charge in [0.1, 0.15) is 11.8 Å². The zero-order valence-corrected chi connectivity index (χ0v) is 27.5. The van der Waals surface area contributed by atoms with Crippen molar-refractivity contribution >= 4 is 55.9 Å². The van der Waals surface area contributed by atoms with Crippen molar-refractivity contribution in [2.24, 2.45) is 0 Å². The molecule has 0 unspecified atom stereocenters. The minimum absolute atomic E-state index is 0.00828. The fourth-order valence-corrected chi connectivity index (χ4v) is 8.09. The number of carbonyl (C=O) groups is 4. The van der Waals surface area contributed by atoms with Crippen molar-refractivity contribution in [2.45, 2.75) is 55.6 Å². The molecule has 4 heterocycles. The van der Waals surface area contributed by atoms with Crippen molar-refractivity contribution in [2.75, 3.05) is 52.0 Å². The van der Waals surface area contributed by atoms with Crippen molar-refractivity contribution in [1.82, 2.24) is 24.5 Å². The number of amides is 3. The topological polar surface area (TPSA) is 148 Å². The number of nitrogens with zero attached hydrogens (tertiary/aromatic N) is 5. The lowest BCUT2D eigenvalue weighted by molar-refractivity contribution is -0.148. The van der Waals surface area contributed by atoms with E-state index >= 15 is 0 Å². The van der Waals surface area contributed by atoms with Crippen LogP contribution in [-0.2, 0) is 33.8 Å². The van der Waals surface area contributed by atoms with Gasteiger partial charge in [0.05, 0.1) is 30.4 Å². The van der Waals surface area contributed by atoms with Gasteiger partial charge in [-0.1, -0.05) is 23.7 Å². The third-order valence-corrected chi connectivity index (χ3v) is 11.2. The van der Waals surface area contributed by atoms with E-state index in [2.05, 4.69) is 0 Å². The van der Waals surface area contributed by atoms with Crippen LogP contribution in [0.4, 0.5) is 0 Å². The molecule has 15 heteroatoms. The van der Waals surface area contributed by atoms with Crippen LogP contribution in [0.5, 0.6) is 0 Å². The Morgan fingerprint density at radius 1 is 1.00 bits per heavy atom. The smallest absolute Gasteiger partial charge is 0.309 e. The minimum atomic E-state index is -3.95. The molecule has 2 aromatic rings. The summed E-state index contributed by atoms with van der Waals surface area (Å²) in [5.74, 6) is -1.85. The highest BCUT2D eigenvalue weighted by Gasteiger charge is 2.42. The average Bonchev–Trinajstić information content (AvgIpc) is 3.60. The normalized spacial score (nSPS) is 19.8. The largest absolute Gasteiger partial charge is 0.444 e. The highest BCUT2D eigenvalue weighted by molar-refractivity contribution is 7.91. The van der Waals surface area contributed by atoms with Gasteiger partial charge in [0.25, 0.3) is 11.8 Å². The second-order valence-electron chi connectivity index (χ2n) is 12.4. The number of aliphatic hydroxyl groups is 1. The molecule has 3 fully saturated rings. The zero-order chi connectivity index (χ0) is 33.3. The summed E-state index contributed by atoms with van der Waals surface area (Å²) in [5.41, 5.74) is 0.510. The monoisotopic (exact) mass is 687 g/mol. The lowest BCUT2D eigenvalue weighted by Gasteiger charge is -2.37. The van der Waals surface area contributed by atoms with E-state index in [0.717, 1.165) is 18.2 Å². The number of esters is 1. The zero-order valence-electron chi connectivity index (χ0n) is 25.9. The standard InChI is InChI=1S/C32H38ClN5O8S/c33-24-6-4-23-16-26(7-5-22(23)15-24)47(44,45)18-28(39)32(43)36-12-8-25(9-13-36)38-20-37-19-34(17-27(37)31(38)42)21-46-30(41)10-14-35-11-2-1-3-29(35)40/h4-7,15-17,25,28,39H,1-3,8-14,18-21H2/t28-/m1/s1. The van der Waals surface area contributed by atoms with Crippen LogP contribution in [0.2, 0.25) is 5.02 Å². The Kier molecular flexibility index (Phi) is 9.62. The molecule has 0 radical (unpaired) electrons. The summed E-state index contributed by atoms with van der Waals surface area (Å²) < 4.78 is 31.5. The van der Waals surface area contributed by atoms with Crippen LogP contribution >= 0.6 is 11.6 Å². The Hall–Kier alpha value is -3.88. The highest BCUT2D eigenvalue weighted by Crippen LogP contribution is 2.30. The van der Waals surface area contributed by atoms with Gasteiger partial charge in [-0.15, -0.1) is 0 Å². The minimum Gasteiger partial charge on any atom is -0.444 e. The summed E-state index contributed by atoms with van der Waals surface area (Å²) in [7, 11) is -3.95. The number of benzene rings is 2. The highest BCUT2D eigenvalue weighted by atomic mass is 35.5. The van der Waals surface area contributed by atoms with Crippen LogP contribution in [0, 0.1) is 0 Å². The molecule has 0 spiro atoms. The molecule has 1 atom stereocenters. The lowest BCUT2D eigenvalue weighted by Crippen LogP contribution is -2.51. The van der Waals surface area contributed by atoms with Gasteiger partial charge in [0, 0.05) is 49.9 Å². The third kappa shape index (κ3) is 7.34. The van der Waals surface area contributed by atoms with Crippen molar-refractivity contribution in [1.29, 1.82) is 0 Å². The second kappa shape index (κ2) is 13.7. The predicted octanol–water partition coefficient (Wildman–Crippen LogP) is 1.74. The number of carbonyl (C=O) groups excluding carboxylic acids is 4. The van der Waals surface area contributed by atoms with E-state index in [1.807, 2.05) is 4.90 Å². The van der Waals surface area contributed by atoms with E-state index in [1.54, 1.807) is 45.2 Å². The molecule has 0 saturated carbocycles. The molecule has 2 aromatic carbocycles. The van der Waals surface area contributed by atoms with Crippen LogP contribution < -0.4 is 0 Å². The molecule has 0 aromatic heterocycles. The quantitative estimate of drug-likeness (QED) is 0.366. The molecule has 3 amide bonds. The first kappa shape index (κ1) is 33.0. The molecule has 1 N–H and O–H groups in total. The van der Waals surface area contributed by atoms with Gasteiger partial charge >= 0.3 is 5.97 Å². The Balaban J connectivity index is 0.953. The number of piperidine rings is 2. The molecule has 0 bridgehead atoms. The van der Waals surface area contributed by atoms with Crippen LogP contribution in [0.15, 0.2) is 53.2 Å². The maximum atomic E-state index is 13.2. The maximum absolute atomic E-state index is 13.2. The van der Waals surface area contributed by atoms with E-state index in [4.69, 9.17) is 16.3 Å². The third-order valence-electron chi connectivity index (χ3n) is 9.21. The van der Waals surface area contributed by atoms with Gasteiger partial charge in [-0.05, 0) is 60.7 Å². The van der Waals surface area contributed by atoms with Crippen LogP contribution in [-0.4, -0.2) is 126 Å². The van der Waals surface area contributed by atoms with E-state index in [-0.39, 0.29) is 49.0 Å². The SMILES string of the molecule is O=C(CCN1CCCCC1=O)OCN1C=C2C(=O)N(C3CCN(C(=O)[C@H](O)CS(=O)(=O)c4ccc5cc(Cl)ccc5c4)CC3)CN2C1. The van der Waals surface area contributed by atoms with Gasteiger partial charge < -0.3 is 34.3 Å². The van der Waals surface area contributed by atoms with Gasteiger partial charge in [0.15, 0.2) is 16.6 Å². The van der Waals surface area contributed by atoms with Crippen molar-refractivity contribution in [3.05, 3.63) is 53.3 Å². The fraction of sp³-hybridized carbons (Fsp3) is 0.500. The lowest BCUT2D eigenvalue weighted by atomic mass is 10.0. The summed E-state index contributed by atoms with van der Waals surface area (Å²) in [5, 5.41) is 12.6. The first-order chi connectivity index (χ1) is 22.5. The number of hydrogen-bond acceptors (Lipinski definition) is 10. The Labute approximate surface area is 278 Å². The molecule has 13 nitrogen and oxygen atoms in total. The molecule has 6 rings (SSSR count). The van der Waals surface area contributed by atoms with Crippen LogP contribution in [0.25, 0.3) is 10.8 Å². The molecule has 252 valence electrons. The van der Waals surface area contributed by atoms with E-state index in [1.165, 1.54) is 17.0 Å². The molecule has 4 aliphatic heterocycles. The summed E-state index contributed by atoms with van der Waals surface area (Å²) in [6, 6.07) is 9.58. The van der Waals surface area contributed by atoms with E-state index in [0.29, 0.717) is 61.8 Å². The van der Waals surface area contributed by atoms with Gasteiger partial charge in [-0.2, -0.15) is 0 Å². The van der Waals surface area contributed by atoms with Crippen molar-refractivity contribution in [3.8, 4) is 0 Å².